The minimum Gasteiger partial charge on any atom is -0.329 e. The monoisotopic (exact) mass is 216 g/mol. The molecule has 1 aromatic carbocycles. The van der Waals surface area contributed by atoms with Gasteiger partial charge in [-0.2, -0.15) is 0 Å². The van der Waals surface area contributed by atoms with E-state index in [9.17, 15) is 4.39 Å². The van der Waals surface area contributed by atoms with Crippen molar-refractivity contribution < 1.29 is 4.39 Å². The number of rotatable bonds is 4. The highest BCUT2D eigenvalue weighted by atomic mass is 35.5. The van der Waals surface area contributed by atoms with Gasteiger partial charge in [-0.25, -0.2) is 4.39 Å². The van der Waals surface area contributed by atoms with Crippen molar-refractivity contribution in [3.8, 4) is 0 Å². The van der Waals surface area contributed by atoms with Crippen LogP contribution in [0.25, 0.3) is 0 Å². The third-order valence-electron chi connectivity index (χ3n) is 2.03. The van der Waals surface area contributed by atoms with Gasteiger partial charge in [0, 0.05) is 19.1 Å². The SMILES string of the molecule is C[C@@H](CN)NCc1cccc(F)c1Cl. The van der Waals surface area contributed by atoms with Crippen molar-refractivity contribution in [3.05, 3.63) is 34.6 Å². The summed E-state index contributed by atoms with van der Waals surface area (Å²) in [4.78, 5) is 0. The molecule has 1 rings (SSSR count). The fourth-order valence-corrected chi connectivity index (χ4v) is 1.25. The summed E-state index contributed by atoms with van der Waals surface area (Å²) in [5.74, 6) is -0.383. The highest BCUT2D eigenvalue weighted by Gasteiger charge is 2.06. The third-order valence-corrected chi connectivity index (χ3v) is 2.45. The van der Waals surface area contributed by atoms with E-state index in [1.165, 1.54) is 6.07 Å². The van der Waals surface area contributed by atoms with Gasteiger partial charge in [0.25, 0.3) is 0 Å². The Morgan fingerprint density at radius 1 is 1.57 bits per heavy atom. The maximum absolute atomic E-state index is 13.0. The van der Waals surface area contributed by atoms with Crippen LogP contribution >= 0.6 is 11.6 Å². The summed E-state index contributed by atoms with van der Waals surface area (Å²) < 4.78 is 13.0. The molecule has 0 aliphatic heterocycles. The van der Waals surface area contributed by atoms with Gasteiger partial charge in [-0.1, -0.05) is 23.7 Å². The molecular formula is C10H14ClFN2. The molecule has 14 heavy (non-hydrogen) atoms. The van der Waals surface area contributed by atoms with Crippen LogP contribution in [0.15, 0.2) is 18.2 Å². The van der Waals surface area contributed by atoms with Crippen molar-refractivity contribution in [1.29, 1.82) is 0 Å². The summed E-state index contributed by atoms with van der Waals surface area (Å²) in [6, 6.07) is 4.99. The first-order valence-electron chi connectivity index (χ1n) is 4.51. The minimum atomic E-state index is -0.383. The summed E-state index contributed by atoms with van der Waals surface area (Å²) in [6.07, 6.45) is 0. The Morgan fingerprint density at radius 2 is 2.29 bits per heavy atom. The van der Waals surface area contributed by atoms with Crippen LogP contribution in [-0.2, 0) is 6.54 Å². The van der Waals surface area contributed by atoms with Crippen LogP contribution in [-0.4, -0.2) is 12.6 Å². The maximum atomic E-state index is 13.0. The molecule has 78 valence electrons. The molecule has 0 spiro atoms. The fourth-order valence-electron chi connectivity index (χ4n) is 1.05. The van der Waals surface area contributed by atoms with E-state index >= 15 is 0 Å². The van der Waals surface area contributed by atoms with Crippen LogP contribution in [0.5, 0.6) is 0 Å². The molecule has 1 atom stereocenters. The lowest BCUT2D eigenvalue weighted by Crippen LogP contribution is -2.32. The van der Waals surface area contributed by atoms with E-state index in [-0.39, 0.29) is 16.9 Å². The highest BCUT2D eigenvalue weighted by molar-refractivity contribution is 6.31. The fraction of sp³-hybridized carbons (Fsp3) is 0.400. The van der Waals surface area contributed by atoms with Gasteiger partial charge in [0.05, 0.1) is 5.02 Å². The van der Waals surface area contributed by atoms with E-state index in [0.717, 1.165) is 5.56 Å². The quantitative estimate of drug-likeness (QED) is 0.807. The predicted molar refractivity (Wildman–Crippen MR) is 56.8 cm³/mol. The molecule has 4 heteroatoms. The lowest BCUT2D eigenvalue weighted by molar-refractivity contribution is 0.553. The lowest BCUT2D eigenvalue weighted by Gasteiger charge is -2.12. The Hall–Kier alpha value is -0.640. The topological polar surface area (TPSA) is 38.0 Å². The molecule has 0 heterocycles. The van der Waals surface area contributed by atoms with Crippen LogP contribution in [0.3, 0.4) is 0 Å². The number of halogens is 2. The average molecular weight is 217 g/mol. The summed E-state index contributed by atoms with van der Waals surface area (Å²) >= 11 is 5.77. The van der Waals surface area contributed by atoms with Crippen LogP contribution in [0.4, 0.5) is 4.39 Å². The molecule has 2 nitrogen and oxygen atoms in total. The average Bonchev–Trinajstić information content (AvgIpc) is 2.20. The number of nitrogens with two attached hydrogens (primary N) is 1. The van der Waals surface area contributed by atoms with Crippen LogP contribution in [0.2, 0.25) is 5.02 Å². The van der Waals surface area contributed by atoms with Crippen molar-refractivity contribution in [2.45, 2.75) is 19.5 Å². The second-order valence-electron chi connectivity index (χ2n) is 3.23. The maximum Gasteiger partial charge on any atom is 0.142 e. The van der Waals surface area contributed by atoms with Crippen molar-refractivity contribution in [1.82, 2.24) is 5.32 Å². The first kappa shape index (κ1) is 11.4. The Kier molecular flexibility index (Phi) is 4.32. The molecule has 3 N–H and O–H groups in total. The van der Waals surface area contributed by atoms with Gasteiger partial charge in [0.1, 0.15) is 5.82 Å². The number of benzene rings is 1. The third kappa shape index (κ3) is 2.94. The predicted octanol–water partition coefficient (Wildman–Crippen LogP) is 1.92. The zero-order valence-electron chi connectivity index (χ0n) is 8.06. The first-order chi connectivity index (χ1) is 6.65. The first-order valence-corrected chi connectivity index (χ1v) is 4.89. The van der Waals surface area contributed by atoms with Crippen molar-refractivity contribution >= 4 is 11.6 Å². The second-order valence-corrected chi connectivity index (χ2v) is 3.61. The molecule has 0 bridgehead atoms. The summed E-state index contributed by atoms with van der Waals surface area (Å²) in [7, 11) is 0. The molecule has 0 unspecified atom stereocenters. The lowest BCUT2D eigenvalue weighted by atomic mass is 10.2. The van der Waals surface area contributed by atoms with Crippen LogP contribution in [0.1, 0.15) is 12.5 Å². The smallest absolute Gasteiger partial charge is 0.142 e. The molecule has 0 radical (unpaired) electrons. The molecule has 0 aliphatic rings. The molecular weight excluding hydrogens is 203 g/mol. The van der Waals surface area contributed by atoms with E-state index in [2.05, 4.69) is 5.32 Å². The van der Waals surface area contributed by atoms with E-state index in [0.29, 0.717) is 13.1 Å². The zero-order valence-corrected chi connectivity index (χ0v) is 8.81. The second kappa shape index (κ2) is 5.29. The summed E-state index contributed by atoms with van der Waals surface area (Å²) in [6.45, 7) is 3.05. The zero-order chi connectivity index (χ0) is 10.6. The normalized spacial score (nSPS) is 12.9. The van der Waals surface area contributed by atoms with Gasteiger partial charge in [-0.3, -0.25) is 0 Å². The molecule has 0 fully saturated rings. The summed E-state index contributed by atoms with van der Waals surface area (Å²) in [5, 5.41) is 3.32. The van der Waals surface area contributed by atoms with Gasteiger partial charge < -0.3 is 11.1 Å². The molecule has 0 aliphatic carbocycles. The largest absolute Gasteiger partial charge is 0.329 e. The molecule has 0 amide bonds. The molecule has 0 saturated heterocycles. The van der Waals surface area contributed by atoms with Gasteiger partial charge >= 0.3 is 0 Å². The van der Waals surface area contributed by atoms with Crippen molar-refractivity contribution in [2.24, 2.45) is 5.73 Å². The number of hydrogen-bond donors (Lipinski definition) is 2. The van der Waals surface area contributed by atoms with Gasteiger partial charge in [0.15, 0.2) is 0 Å². The molecule has 1 aromatic rings. The Bertz CT molecular complexity index is 304. The molecule has 0 saturated carbocycles. The summed E-state index contributed by atoms with van der Waals surface area (Å²) in [5.41, 5.74) is 6.19. The van der Waals surface area contributed by atoms with E-state index in [1.807, 2.05) is 6.92 Å². The van der Waals surface area contributed by atoms with Crippen molar-refractivity contribution in [3.63, 3.8) is 0 Å². The van der Waals surface area contributed by atoms with Crippen LogP contribution in [0, 0.1) is 5.82 Å². The Balaban J connectivity index is 2.63. The van der Waals surface area contributed by atoms with Gasteiger partial charge in [-0.15, -0.1) is 0 Å². The van der Waals surface area contributed by atoms with Gasteiger partial charge in [0.2, 0.25) is 0 Å². The van der Waals surface area contributed by atoms with E-state index in [4.69, 9.17) is 17.3 Å². The van der Waals surface area contributed by atoms with E-state index < -0.39 is 0 Å². The Labute approximate surface area is 88.2 Å². The van der Waals surface area contributed by atoms with Gasteiger partial charge in [-0.05, 0) is 18.6 Å². The van der Waals surface area contributed by atoms with E-state index in [1.54, 1.807) is 12.1 Å². The van der Waals surface area contributed by atoms with Crippen LogP contribution < -0.4 is 11.1 Å². The van der Waals surface area contributed by atoms with Crippen molar-refractivity contribution in [2.75, 3.05) is 6.54 Å². The molecule has 0 aromatic heterocycles. The Morgan fingerprint density at radius 3 is 2.93 bits per heavy atom. The number of nitrogens with one attached hydrogen (secondary N) is 1. The standard InChI is InChI=1S/C10H14ClFN2/c1-7(5-13)14-6-8-3-2-4-9(12)10(8)11/h2-4,7,14H,5-6,13H2,1H3/t7-/m0/s1. The minimum absolute atomic E-state index is 0.184. The highest BCUT2D eigenvalue weighted by Crippen LogP contribution is 2.19. The number of hydrogen-bond acceptors (Lipinski definition) is 2.